The van der Waals surface area contributed by atoms with Gasteiger partial charge in [-0.1, -0.05) is 45.1 Å². The zero-order chi connectivity index (χ0) is 12.2. The molecule has 0 spiro atoms. The number of ether oxygens (including phenoxy) is 1. The Hall–Kier alpha value is -0.830. The number of primary amides is 1. The van der Waals surface area contributed by atoms with Gasteiger partial charge in [0.05, 0.1) is 6.61 Å². The van der Waals surface area contributed by atoms with E-state index in [9.17, 15) is 4.79 Å². The van der Waals surface area contributed by atoms with Gasteiger partial charge < -0.3 is 10.5 Å². The van der Waals surface area contributed by atoms with Gasteiger partial charge in [-0.05, 0) is 13.3 Å². The Morgan fingerprint density at radius 1 is 1.19 bits per heavy atom. The molecule has 0 aliphatic carbocycles. The van der Waals surface area contributed by atoms with Crippen LogP contribution in [-0.4, -0.2) is 19.1 Å². The molecule has 3 nitrogen and oxygen atoms in total. The van der Waals surface area contributed by atoms with E-state index in [1.54, 1.807) is 13.0 Å². The van der Waals surface area contributed by atoms with Gasteiger partial charge in [-0.2, -0.15) is 0 Å². The predicted molar refractivity (Wildman–Crippen MR) is 67.1 cm³/mol. The van der Waals surface area contributed by atoms with Crippen molar-refractivity contribution in [1.29, 1.82) is 0 Å². The van der Waals surface area contributed by atoms with E-state index in [1.165, 1.54) is 32.1 Å². The third-order valence-corrected chi connectivity index (χ3v) is 2.54. The van der Waals surface area contributed by atoms with Gasteiger partial charge in [0.2, 0.25) is 5.91 Å². The van der Waals surface area contributed by atoms with Gasteiger partial charge in [-0.25, -0.2) is 0 Å². The Morgan fingerprint density at radius 3 is 2.44 bits per heavy atom. The van der Waals surface area contributed by atoms with E-state index >= 15 is 0 Å². The molecule has 0 aromatic heterocycles. The lowest BCUT2D eigenvalue weighted by Crippen LogP contribution is -2.12. The third kappa shape index (κ3) is 9.71. The molecule has 3 heteroatoms. The van der Waals surface area contributed by atoms with Crippen LogP contribution >= 0.6 is 0 Å². The Balaban J connectivity index is 3.21. The number of hydrogen-bond acceptors (Lipinski definition) is 2. The molecule has 2 N–H and O–H groups in total. The van der Waals surface area contributed by atoms with E-state index in [-0.39, 0.29) is 5.91 Å². The smallest absolute Gasteiger partial charge is 0.244 e. The number of unbranched alkanes of at least 4 members (excludes halogenated alkanes) is 5. The summed E-state index contributed by atoms with van der Waals surface area (Å²) in [6.07, 6.45) is 9.32. The molecular formula is C13H25NO2. The summed E-state index contributed by atoms with van der Waals surface area (Å²) in [5, 5.41) is 0. The average Bonchev–Trinajstić information content (AvgIpc) is 2.26. The first-order chi connectivity index (χ1) is 7.68. The highest BCUT2D eigenvalue weighted by Crippen LogP contribution is 2.04. The highest BCUT2D eigenvalue weighted by atomic mass is 16.5. The van der Waals surface area contributed by atoms with Crippen LogP contribution in [0.2, 0.25) is 0 Å². The predicted octanol–water partition coefficient (Wildman–Crippen LogP) is 2.80. The van der Waals surface area contributed by atoms with E-state index in [2.05, 4.69) is 6.92 Å². The third-order valence-electron chi connectivity index (χ3n) is 2.54. The summed E-state index contributed by atoms with van der Waals surface area (Å²) in [4.78, 5) is 10.7. The lowest BCUT2D eigenvalue weighted by Gasteiger charge is -2.02. The molecule has 0 aromatic rings. The van der Waals surface area contributed by atoms with Crippen LogP contribution in [0.3, 0.4) is 0 Å². The fourth-order valence-electron chi connectivity index (χ4n) is 1.35. The SMILES string of the molecule is CCCCCCCCOC/C=C(\C)C(N)=O. The highest BCUT2D eigenvalue weighted by Gasteiger charge is 1.95. The molecule has 0 aromatic carbocycles. The van der Waals surface area contributed by atoms with Gasteiger partial charge in [0.25, 0.3) is 0 Å². The Kier molecular flexibility index (Phi) is 10.1. The number of amides is 1. The average molecular weight is 227 g/mol. The van der Waals surface area contributed by atoms with Gasteiger partial charge in [-0.15, -0.1) is 0 Å². The fourth-order valence-corrected chi connectivity index (χ4v) is 1.35. The molecule has 16 heavy (non-hydrogen) atoms. The van der Waals surface area contributed by atoms with Crippen LogP contribution in [0, 0.1) is 0 Å². The van der Waals surface area contributed by atoms with E-state index in [4.69, 9.17) is 10.5 Å². The van der Waals surface area contributed by atoms with Crippen molar-refractivity contribution < 1.29 is 9.53 Å². The van der Waals surface area contributed by atoms with Crippen molar-refractivity contribution in [3.05, 3.63) is 11.6 Å². The number of carbonyl (C=O) groups excluding carboxylic acids is 1. The zero-order valence-corrected chi connectivity index (χ0v) is 10.6. The summed E-state index contributed by atoms with van der Waals surface area (Å²) in [6, 6.07) is 0. The Labute approximate surface area is 99.0 Å². The van der Waals surface area contributed by atoms with Crippen LogP contribution in [0.5, 0.6) is 0 Å². The first-order valence-corrected chi connectivity index (χ1v) is 6.22. The minimum absolute atomic E-state index is 0.372. The molecule has 0 bridgehead atoms. The van der Waals surface area contributed by atoms with Crippen molar-refractivity contribution in [2.24, 2.45) is 5.73 Å². The first kappa shape index (κ1) is 15.2. The maximum absolute atomic E-state index is 10.7. The van der Waals surface area contributed by atoms with Crippen molar-refractivity contribution in [2.75, 3.05) is 13.2 Å². The summed E-state index contributed by atoms with van der Waals surface area (Å²) in [7, 11) is 0. The maximum atomic E-state index is 10.7. The standard InChI is InChI=1S/C13H25NO2/c1-3-4-5-6-7-8-10-16-11-9-12(2)13(14)15/h9H,3-8,10-11H2,1-2H3,(H2,14,15)/b12-9+. The monoisotopic (exact) mass is 227 g/mol. The summed E-state index contributed by atoms with van der Waals surface area (Å²) >= 11 is 0. The molecule has 0 radical (unpaired) electrons. The molecule has 0 saturated carbocycles. The second kappa shape index (κ2) is 10.7. The van der Waals surface area contributed by atoms with E-state index in [0.717, 1.165) is 13.0 Å². The normalized spacial score (nSPS) is 11.8. The summed E-state index contributed by atoms with van der Waals surface area (Å²) in [5.74, 6) is -0.372. The molecule has 0 saturated heterocycles. The Bertz CT molecular complexity index is 212. The number of nitrogens with two attached hydrogens (primary N) is 1. The van der Waals surface area contributed by atoms with Crippen LogP contribution in [0.25, 0.3) is 0 Å². The fraction of sp³-hybridized carbons (Fsp3) is 0.769. The largest absolute Gasteiger partial charge is 0.377 e. The van der Waals surface area contributed by atoms with Crippen LogP contribution in [-0.2, 0) is 9.53 Å². The molecule has 0 aliphatic rings. The van der Waals surface area contributed by atoms with Crippen LogP contribution < -0.4 is 5.73 Å². The van der Waals surface area contributed by atoms with Gasteiger partial charge >= 0.3 is 0 Å². The lowest BCUT2D eigenvalue weighted by atomic mass is 10.1. The molecule has 94 valence electrons. The second-order valence-corrected chi connectivity index (χ2v) is 4.09. The maximum Gasteiger partial charge on any atom is 0.244 e. The Morgan fingerprint density at radius 2 is 1.81 bits per heavy atom. The number of carbonyl (C=O) groups is 1. The molecular weight excluding hydrogens is 202 g/mol. The summed E-state index contributed by atoms with van der Waals surface area (Å²) in [6.45, 7) is 5.19. The van der Waals surface area contributed by atoms with Gasteiger partial charge in [0.15, 0.2) is 0 Å². The highest BCUT2D eigenvalue weighted by molar-refractivity contribution is 5.91. The van der Waals surface area contributed by atoms with Crippen LogP contribution in [0.4, 0.5) is 0 Å². The molecule has 0 unspecified atom stereocenters. The molecule has 0 heterocycles. The molecule has 0 rings (SSSR count). The molecule has 0 atom stereocenters. The zero-order valence-electron chi connectivity index (χ0n) is 10.6. The number of rotatable bonds is 10. The van der Waals surface area contributed by atoms with Crippen LogP contribution in [0.1, 0.15) is 52.4 Å². The van der Waals surface area contributed by atoms with Gasteiger partial charge in [0.1, 0.15) is 0 Å². The topological polar surface area (TPSA) is 52.3 Å². The van der Waals surface area contributed by atoms with Gasteiger partial charge in [-0.3, -0.25) is 4.79 Å². The van der Waals surface area contributed by atoms with E-state index in [0.29, 0.717) is 12.2 Å². The van der Waals surface area contributed by atoms with Crippen molar-refractivity contribution >= 4 is 5.91 Å². The van der Waals surface area contributed by atoms with Crippen molar-refractivity contribution in [3.8, 4) is 0 Å². The number of hydrogen-bond donors (Lipinski definition) is 1. The lowest BCUT2D eigenvalue weighted by molar-refractivity contribution is -0.114. The summed E-state index contributed by atoms with van der Waals surface area (Å²) < 4.78 is 5.38. The second-order valence-electron chi connectivity index (χ2n) is 4.09. The summed E-state index contributed by atoms with van der Waals surface area (Å²) in [5.41, 5.74) is 5.65. The molecule has 1 amide bonds. The first-order valence-electron chi connectivity index (χ1n) is 6.22. The van der Waals surface area contributed by atoms with Crippen LogP contribution in [0.15, 0.2) is 11.6 Å². The van der Waals surface area contributed by atoms with Crippen molar-refractivity contribution in [3.63, 3.8) is 0 Å². The van der Waals surface area contributed by atoms with Gasteiger partial charge in [0, 0.05) is 12.2 Å². The molecule has 0 fully saturated rings. The minimum atomic E-state index is -0.372. The van der Waals surface area contributed by atoms with E-state index in [1.807, 2.05) is 0 Å². The quantitative estimate of drug-likeness (QED) is 0.461. The minimum Gasteiger partial charge on any atom is -0.377 e. The molecule has 0 aliphatic heterocycles. The van der Waals surface area contributed by atoms with Crippen molar-refractivity contribution in [1.82, 2.24) is 0 Å². The van der Waals surface area contributed by atoms with E-state index < -0.39 is 0 Å². The van der Waals surface area contributed by atoms with Crippen molar-refractivity contribution in [2.45, 2.75) is 52.4 Å².